The highest BCUT2D eigenvalue weighted by atomic mass is 32.2. The molecule has 0 aliphatic carbocycles. The third-order valence-electron chi connectivity index (χ3n) is 2.44. The molecule has 1 aromatic carbocycles. The summed E-state index contributed by atoms with van der Waals surface area (Å²) in [4.78, 5) is 8.62. The molecule has 0 saturated heterocycles. The van der Waals surface area contributed by atoms with E-state index in [-0.39, 0.29) is 0 Å². The molecular formula is C12H11N3OS2. The number of nitrogens with two attached hydrogens (primary N) is 1. The minimum absolute atomic E-state index is 0.604. The molecule has 0 aliphatic rings. The number of thioether (sulfide) groups is 1. The number of aromatic nitrogens is 2. The zero-order valence-electron chi connectivity index (χ0n) is 9.71. The fourth-order valence-corrected chi connectivity index (χ4v) is 3.51. The molecular weight excluding hydrogens is 266 g/mol. The lowest BCUT2D eigenvalue weighted by atomic mass is 10.3. The van der Waals surface area contributed by atoms with Crippen molar-refractivity contribution < 1.29 is 4.42 Å². The fraction of sp³-hybridized carbons (Fsp3) is 0.167. The largest absolute Gasteiger partial charge is 0.440 e. The molecule has 2 N–H and O–H groups in total. The van der Waals surface area contributed by atoms with Crippen molar-refractivity contribution >= 4 is 39.3 Å². The Labute approximate surface area is 112 Å². The number of hydrogen-bond donors (Lipinski definition) is 1. The molecule has 0 bridgehead atoms. The molecule has 0 unspecified atom stereocenters. The fourth-order valence-electron chi connectivity index (χ4n) is 1.65. The third-order valence-corrected chi connectivity index (χ3v) is 4.77. The normalized spacial score (nSPS) is 11.2. The molecule has 0 spiro atoms. The molecule has 0 amide bonds. The van der Waals surface area contributed by atoms with Gasteiger partial charge in [-0.3, -0.25) is 0 Å². The van der Waals surface area contributed by atoms with Gasteiger partial charge in [0.15, 0.2) is 10.7 Å². The average molecular weight is 277 g/mol. The Morgan fingerprint density at radius 3 is 2.89 bits per heavy atom. The van der Waals surface area contributed by atoms with Crippen molar-refractivity contribution in [2.45, 2.75) is 16.9 Å². The minimum atomic E-state index is 0.604. The van der Waals surface area contributed by atoms with Crippen molar-refractivity contribution in [2.24, 2.45) is 0 Å². The lowest BCUT2D eigenvalue weighted by Crippen LogP contribution is -1.81. The van der Waals surface area contributed by atoms with E-state index in [0.29, 0.717) is 10.9 Å². The maximum atomic E-state index is 5.66. The van der Waals surface area contributed by atoms with Crippen molar-refractivity contribution in [2.75, 3.05) is 5.73 Å². The van der Waals surface area contributed by atoms with Gasteiger partial charge in [0, 0.05) is 0 Å². The summed E-state index contributed by atoms with van der Waals surface area (Å²) in [5.74, 6) is 1.42. The third kappa shape index (κ3) is 2.21. The number of oxazole rings is 1. The molecule has 0 radical (unpaired) electrons. The van der Waals surface area contributed by atoms with Crippen LogP contribution >= 0.6 is 23.1 Å². The average Bonchev–Trinajstić information content (AvgIpc) is 2.89. The van der Waals surface area contributed by atoms with Gasteiger partial charge in [0.25, 0.3) is 0 Å². The summed E-state index contributed by atoms with van der Waals surface area (Å²) in [6, 6.07) is 7.77. The molecule has 0 aliphatic heterocycles. The van der Waals surface area contributed by atoms with Gasteiger partial charge >= 0.3 is 0 Å². The van der Waals surface area contributed by atoms with Crippen molar-refractivity contribution in [3.63, 3.8) is 0 Å². The van der Waals surface area contributed by atoms with Gasteiger partial charge in [-0.15, -0.1) is 11.8 Å². The number of para-hydroxylation sites is 2. The molecule has 18 heavy (non-hydrogen) atoms. The second kappa shape index (κ2) is 4.62. The highest BCUT2D eigenvalue weighted by molar-refractivity contribution is 8.00. The highest BCUT2D eigenvalue weighted by Crippen LogP contribution is 2.33. The number of rotatable bonds is 3. The molecule has 0 atom stereocenters. The summed E-state index contributed by atoms with van der Waals surface area (Å²) < 4.78 is 6.78. The topological polar surface area (TPSA) is 64.9 Å². The van der Waals surface area contributed by atoms with Crippen LogP contribution in [-0.2, 0) is 5.75 Å². The van der Waals surface area contributed by atoms with E-state index in [1.807, 2.05) is 31.2 Å². The first-order chi connectivity index (χ1) is 8.72. The second-order valence-corrected chi connectivity index (χ2v) is 6.06. The first-order valence-corrected chi connectivity index (χ1v) is 7.23. The summed E-state index contributed by atoms with van der Waals surface area (Å²) in [6.07, 6.45) is 0. The molecule has 4 nitrogen and oxygen atoms in total. The zero-order valence-corrected chi connectivity index (χ0v) is 11.3. The van der Waals surface area contributed by atoms with Gasteiger partial charge < -0.3 is 10.2 Å². The van der Waals surface area contributed by atoms with Gasteiger partial charge in [0.05, 0.1) is 15.7 Å². The van der Waals surface area contributed by atoms with Crippen LogP contribution in [0.25, 0.3) is 11.1 Å². The Morgan fingerprint density at radius 2 is 2.17 bits per heavy atom. The Kier molecular flexibility index (Phi) is 2.97. The van der Waals surface area contributed by atoms with Crippen LogP contribution < -0.4 is 5.73 Å². The maximum Gasteiger partial charge on any atom is 0.205 e. The van der Waals surface area contributed by atoms with E-state index in [2.05, 4.69) is 9.97 Å². The number of fused-ring (bicyclic) bond motifs is 1. The van der Waals surface area contributed by atoms with E-state index in [1.165, 1.54) is 11.3 Å². The number of benzene rings is 1. The number of hydrogen-bond acceptors (Lipinski definition) is 6. The van der Waals surface area contributed by atoms with E-state index in [1.54, 1.807) is 11.8 Å². The summed E-state index contributed by atoms with van der Waals surface area (Å²) in [6.45, 7) is 1.96. The van der Waals surface area contributed by atoms with Gasteiger partial charge in [0.2, 0.25) is 5.89 Å². The highest BCUT2D eigenvalue weighted by Gasteiger charge is 2.09. The van der Waals surface area contributed by atoms with Crippen LogP contribution in [0.3, 0.4) is 0 Å². The van der Waals surface area contributed by atoms with Crippen molar-refractivity contribution in [3.05, 3.63) is 35.9 Å². The first kappa shape index (κ1) is 11.6. The predicted octanol–water partition coefficient (Wildman–Crippen LogP) is 3.47. The number of aryl methyl sites for hydroxylation is 1. The lowest BCUT2D eigenvalue weighted by molar-refractivity contribution is 0.556. The van der Waals surface area contributed by atoms with Crippen LogP contribution in [0, 0.1) is 6.92 Å². The maximum absolute atomic E-state index is 5.66. The van der Waals surface area contributed by atoms with E-state index in [4.69, 9.17) is 10.2 Å². The Morgan fingerprint density at radius 1 is 1.33 bits per heavy atom. The number of nitrogen functional groups attached to an aromatic ring is 1. The summed E-state index contributed by atoms with van der Waals surface area (Å²) >= 11 is 3.16. The SMILES string of the molecule is Cc1nc(N)sc1SCc1nc2ccccc2o1. The van der Waals surface area contributed by atoms with Gasteiger partial charge in [-0.1, -0.05) is 23.5 Å². The Bertz CT molecular complexity index is 657. The molecule has 0 fully saturated rings. The van der Waals surface area contributed by atoms with E-state index in [0.717, 1.165) is 26.9 Å². The summed E-state index contributed by atoms with van der Waals surface area (Å²) in [5, 5.41) is 0.604. The zero-order chi connectivity index (χ0) is 12.5. The van der Waals surface area contributed by atoms with Crippen LogP contribution in [0.1, 0.15) is 11.6 Å². The van der Waals surface area contributed by atoms with Crippen LogP contribution in [0.5, 0.6) is 0 Å². The van der Waals surface area contributed by atoms with Crippen LogP contribution in [0.15, 0.2) is 32.9 Å². The Hall–Kier alpha value is -1.53. The molecule has 3 rings (SSSR count). The first-order valence-electron chi connectivity index (χ1n) is 5.42. The molecule has 2 heterocycles. The molecule has 92 valence electrons. The van der Waals surface area contributed by atoms with Crippen LogP contribution in [0.2, 0.25) is 0 Å². The van der Waals surface area contributed by atoms with Gasteiger partial charge in [-0.25, -0.2) is 9.97 Å². The number of anilines is 1. The molecule has 6 heteroatoms. The van der Waals surface area contributed by atoms with Crippen LogP contribution in [0.4, 0.5) is 5.13 Å². The summed E-state index contributed by atoms with van der Waals surface area (Å²) in [5.41, 5.74) is 8.36. The van der Waals surface area contributed by atoms with E-state index in [9.17, 15) is 0 Å². The van der Waals surface area contributed by atoms with Crippen molar-refractivity contribution in [1.82, 2.24) is 9.97 Å². The van der Waals surface area contributed by atoms with E-state index < -0.39 is 0 Å². The van der Waals surface area contributed by atoms with Gasteiger partial charge in [-0.05, 0) is 19.1 Å². The number of nitrogens with zero attached hydrogens (tertiary/aromatic N) is 2. The Balaban J connectivity index is 1.78. The monoisotopic (exact) mass is 277 g/mol. The standard InChI is InChI=1S/C12H11N3OS2/c1-7-11(18-12(13)14-7)17-6-10-15-8-4-2-3-5-9(8)16-10/h2-5H,6H2,1H3,(H2,13,14). The van der Waals surface area contributed by atoms with Crippen molar-refractivity contribution in [3.8, 4) is 0 Å². The minimum Gasteiger partial charge on any atom is -0.440 e. The second-order valence-electron chi connectivity index (χ2n) is 3.79. The predicted molar refractivity (Wildman–Crippen MR) is 74.8 cm³/mol. The van der Waals surface area contributed by atoms with Crippen LogP contribution in [-0.4, -0.2) is 9.97 Å². The quantitative estimate of drug-likeness (QED) is 0.743. The van der Waals surface area contributed by atoms with Gasteiger partial charge in [-0.2, -0.15) is 0 Å². The molecule has 2 aromatic heterocycles. The lowest BCUT2D eigenvalue weighted by Gasteiger charge is -1.94. The smallest absolute Gasteiger partial charge is 0.205 e. The van der Waals surface area contributed by atoms with E-state index >= 15 is 0 Å². The van der Waals surface area contributed by atoms with Crippen molar-refractivity contribution in [1.29, 1.82) is 0 Å². The van der Waals surface area contributed by atoms with Gasteiger partial charge in [0.1, 0.15) is 5.52 Å². The molecule has 3 aromatic rings. The molecule has 0 saturated carbocycles. The summed E-state index contributed by atoms with van der Waals surface area (Å²) in [7, 11) is 0. The number of thiazole rings is 1.